The number of nitrogens with one attached hydrogen (secondary N) is 1. The number of carbonyl (C=O) groups excluding carboxylic acids is 2. The maximum absolute atomic E-state index is 12.8. The average Bonchev–Trinajstić information content (AvgIpc) is 2.74. The second kappa shape index (κ2) is 9.62. The van der Waals surface area contributed by atoms with Gasteiger partial charge in [-0.15, -0.1) is 0 Å². The Hall–Kier alpha value is -2.77. The molecule has 0 bridgehead atoms. The Balaban J connectivity index is 1.72. The highest BCUT2D eigenvalue weighted by molar-refractivity contribution is 6.30. The zero-order chi connectivity index (χ0) is 20.8. The number of ether oxygens (including phenoxy) is 3. The summed E-state index contributed by atoms with van der Waals surface area (Å²) in [5.41, 5.74) is 1.69. The summed E-state index contributed by atoms with van der Waals surface area (Å²) in [6.07, 6.45) is 0. The standard InChI is InChI=1S/C21H23ClN2O5/c1-27-17-8-5-15(19(9-17)28-2)11-24-18(12-29-13-20(24)25)21(26)23-10-14-3-6-16(22)7-4-14/h3-9,18H,10-13H2,1-2H3,(H,23,26)/t18-/m0/s1. The summed E-state index contributed by atoms with van der Waals surface area (Å²) in [4.78, 5) is 26.8. The van der Waals surface area contributed by atoms with Gasteiger partial charge < -0.3 is 24.4 Å². The van der Waals surface area contributed by atoms with Gasteiger partial charge in [-0.3, -0.25) is 9.59 Å². The Morgan fingerprint density at radius 1 is 1.21 bits per heavy atom. The summed E-state index contributed by atoms with van der Waals surface area (Å²) < 4.78 is 15.9. The highest BCUT2D eigenvalue weighted by Crippen LogP contribution is 2.27. The predicted molar refractivity (Wildman–Crippen MR) is 108 cm³/mol. The Kier molecular flexibility index (Phi) is 6.95. The van der Waals surface area contributed by atoms with Crippen molar-refractivity contribution in [2.45, 2.75) is 19.1 Å². The molecule has 1 aliphatic rings. The number of rotatable bonds is 7. The van der Waals surface area contributed by atoms with Crippen LogP contribution in [0.25, 0.3) is 0 Å². The molecule has 0 aliphatic carbocycles. The van der Waals surface area contributed by atoms with E-state index >= 15 is 0 Å². The summed E-state index contributed by atoms with van der Waals surface area (Å²) in [5, 5.41) is 3.49. The van der Waals surface area contributed by atoms with E-state index in [0.29, 0.717) is 23.1 Å². The number of carbonyl (C=O) groups is 2. The molecule has 1 fully saturated rings. The van der Waals surface area contributed by atoms with Crippen molar-refractivity contribution in [1.82, 2.24) is 10.2 Å². The van der Waals surface area contributed by atoms with Crippen molar-refractivity contribution in [3.8, 4) is 11.5 Å². The summed E-state index contributed by atoms with van der Waals surface area (Å²) in [6, 6.07) is 11.8. The van der Waals surface area contributed by atoms with Gasteiger partial charge in [0.2, 0.25) is 11.8 Å². The van der Waals surface area contributed by atoms with E-state index in [1.807, 2.05) is 18.2 Å². The highest BCUT2D eigenvalue weighted by Gasteiger charge is 2.34. The molecule has 2 amide bonds. The Morgan fingerprint density at radius 3 is 2.66 bits per heavy atom. The molecule has 29 heavy (non-hydrogen) atoms. The highest BCUT2D eigenvalue weighted by atomic mass is 35.5. The number of hydrogen-bond donors (Lipinski definition) is 1. The monoisotopic (exact) mass is 418 g/mol. The molecule has 0 radical (unpaired) electrons. The molecule has 0 saturated carbocycles. The molecule has 2 aromatic rings. The van der Waals surface area contributed by atoms with Crippen LogP contribution >= 0.6 is 11.6 Å². The van der Waals surface area contributed by atoms with Crippen LogP contribution in [-0.4, -0.2) is 50.2 Å². The first-order valence-corrected chi connectivity index (χ1v) is 9.50. The molecule has 1 N–H and O–H groups in total. The fourth-order valence-electron chi connectivity index (χ4n) is 3.10. The molecule has 154 valence electrons. The van der Waals surface area contributed by atoms with Crippen molar-refractivity contribution in [3.05, 3.63) is 58.6 Å². The Labute approximate surface area is 174 Å². The molecule has 8 heteroatoms. The minimum Gasteiger partial charge on any atom is -0.497 e. The van der Waals surface area contributed by atoms with Gasteiger partial charge in [0.1, 0.15) is 24.1 Å². The predicted octanol–water partition coefficient (Wildman–Crippen LogP) is 2.40. The second-order valence-corrected chi connectivity index (χ2v) is 7.01. The molecule has 2 aromatic carbocycles. The normalized spacial score (nSPS) is 16.4. The molecule has 1 saturated heterocycles. The maximum atomic E-state index is 12.8. The van der Waals surface area contributed by atoms with Crippen LogP contribution in [0.1, 0.15) is 11.1 Å². The molecule has 1 aliphatic heterocycles. The van der Waals surface area contributed by atoms with Gasteiger partial charge in [-0.1, -0.05) is 23.7 Å². The van der Waals surface area contributed by atoms with E-state index in [9.17, 15) is 9.59 Å². The quantitative estimate of drug-likeness (QED) is 0.747. The molecule has 1 atom stereocenters. The lowest BCUT2D eigenvalue weighted by Gasteiger charge is -2.34. The lowest BCUT2D eigenvalue weighted by Crippen LogP contribution is -2.55. The molecular weight excluding hydrogens is 396 g/mol. The third-order valence-electron chi connectivity index (χ3n) is 4.72. The molecule has 0 unspecified atom stereocenters. The van der Waals surface area contributed by atoms with E-state index in [1.165, 1.54) is 4.90 Å². The number of hydrogen-bond acceptors (Lipinski definition) is 5. The summed E-state index contributed by atoms with van der Waals surface area (Å²) in [7, 11) is 3.12. The number of halogens is 1. The fourth-order valence-corrected chi connectivity index (χ4v) is 3.22. The molecule has 0 aromatic heterocycles. The van der Waals surface area contributed by atoms with Crippen LogP contribution in [0, 0.1) is 0 Å². The number of methoxy groups -OCH3 is 2. The third-order valence-corrected chi connectivity index (χ3v) is 4.97. The van der Waals surface area contributed by atoms with E-state index in [-0.39, 0.29) is 31.6 Å². The van der Waals surface area contributed by atoms with Crippen molar-refractivity contribution in [1.29, 1.82) is 0 Å². The van der Waals surface area contributed by atoms with Crippen LogP contribution in [0.4, 0.5) is 0 Å². The third kappa shape index (κ3) is 5.19. The zero-order valence-corrected chi connectivity index (χ0v) is 17.1. The van der Waals surface area contributed by atoms with Gasteiger partial charge in [0.25, 0.3) is 0 Å². The van der Waals surface area contributed by atoms with Crippen LogP contribution in [0.3, 0.4) is 0 Å². The Bertz CT molecular complexity index is 872. The number of nitrogens with zero attached hydrogens (tertiary/aromatic N) is 1. The van der Waals surface area contributed by atoms with Crippen LogP contribution < -0.4 is 14.8 Å². The van der Waals surface area contributed by atoms with E-state index < -0.39 is 6.04 Å². The van der Waals surface area contributed by atoms with Gasteiger partial charge in [-0.25, -0.2) is 0 Å². The van der Waals surface area contributed by atoms with Gasteiger partial charge in [-0.2, -0.15) is 0 Å². The average molecular weight is 419 g/mol. The molecule has 0 spiro atoms. The first kappa shape index (κ1) is 21.0. The summed E-state index contributed by atoms with van der Waals surface area (Å²) in [5.74, 6) is 0.710. The second-order valence-electron chi connectivity index (χ2n) is 6.57. The van der Waals surface area contributed by atoms with Crippen LogP contribution in [0.15, 0.2) is 42.5 Å². The smallest absolute Gasteiger partial charge is 0.249 e. The van der Waals surface area contributed by atoms with Crippen LogP contribution in [0.5, 0.6) is 11.5 Å². The maximum Gasteiger partial charge on any atom is 0.249 e. The summed E-state index contributed by atoms with van der Waals surface area (Å²) >= 11 is 5.89. The van der Waals surface area contributed by atoms with Crippen molar-refractivity contribution in [2.75, 3.05) is 27.4 Å². The van der Waals surface area contributed by atoms with Gasteiger partial charge >= 0.3 is 0 Å². The fraction of sp³-hybridized carbons (Fsp3) is 0.333. The van der Waals surface area contributed by atoms with E-state index in [0.717, 1.165) is 11.1 Å². The molecule has 1 heterocycles. The minimum absolute atomic E-state index is 0.0561. The van der Waals surface area contributed by atoms with Gasteiger partial charge in [0.05, 0.1) is 27.4 Å². The SMILES string of the molecule is COc1ccc(CN2C(=O)COC[C@H]2C(=O)NCc2ccc(Cl)cc2)c(OC)c1. The van der Waals surface area contributed by atoms with Crippen molar-refractivity contribution < 1.29 is 23.8 Å². The van der Waals surface area contributed by atoms with E-state index in [1.54, 1.807) is 38.5 Å². The van der Waals surface area contributed by atoms with Crippen molar-refractivity contribution in [2.24, 2.45) is 0 Å². The lowest BCUT2D eigenvalue weighted by molar-refractivity contribution is -0.155. The van der Waals surface area contributed by atoms with Crippen LogP contribution in [0.2, 0.25) is 5.02 Å². The number of amides is 2. The summed E-state index contributed by atoms with van der Waals surface area (Å²) in [6.45, 7) is 0.644. The van der Waals surface area contributed by atoms with Crippen molar-refractivity contribution in [3.63, 3.8) is 0 Å². The topological polar surface area (TPSA) is 77.1 Å². The van der Waals surface area contributed by atoms with Gasteiger partial charge in [-0.05, 0) is 29.8 Å². The number of benzene rings is 2. The first-order valence-electron chi connectivity index (χ1n) is 9.12. The minimum atomic E-state index is -0.727. The van der Waals surface area contributed by atoms with E-state index in [4.69, 9.17) is 25.8 Å². The Morgan fingerprint density at radius 2 is 1.97 bits per heavy atom. The largest absolute Gasteiger partial charge is 0.497 e. The number of morpholine rings is 1. The van der Waals surface area contributed by atoms with Crippen molar-refractivity contribution >= 4 is 23.4 Å². The zero-order valence-electron chi connectivity index (χ0n) is 16.3. The molecular formula is C21H23ClN2O5. The molecule has 3 rings (SSSR count). The van der Waals surface area contributed by atoms with Crippen LogP contribution in [-0.2, 0) is 27.4 Å². The molecule has 7 nitrogen and oxygen atoms in total. The van der Waals surface area contributed by atoms with Gasteiger partial charge in [0, 0.05) is 23.2 Å². The van der Waals surface area contributed by atoms with E-state index in [2.05, 4.69) is 5.32 Å². The van der Waals surface area contributed by atoms with Gasteiger partial charge in [0.15, 0.2) is 0 Å². The first-order chi connectivity index (χ1) is 14.0. The lowest BCUT2D eigenvalue weighted by atomic mass is 10.1.